The van der Waals surface area contributed by atoms with Crippen LogP contribution in [0.2, 0.25) is 0 Å². The van der Waals surface area contributed by atoms with Gasteiger partial charge in [-0.05, 0) is 48.9 Å². The highest BCUT2D eigenvalue weighted by molar-refractivity contribution is 4.96. The van der Waals surface area contributed by atoms with Crippen LogP contribution in [0.15, 0.2) is 0 Å². The lowest BCUT2D eigenvalue weighted by molar-refractivity contribution is 0.148. The van der Waals surface area contributed by atoms with E-state index in [0.29, 0.717) is 0 Å². The smallest absolute Gasteiger partial charge is 0.0352 e. The lowest BCUT2D eigenvalue weighted by Crippen LogP contribution is -2.26. The maximum absolute atomic E-state index is 2.52. The zero-order valence-electron chi connectivity index (χ0n) is 12.0. The van der Waals surface area contributed by atoms with Gasteiger partial charge < -0.3 is 27.4 Å². The lowest BCUT2D eigenvalue weighted by atomic mass is 9.70. The third kappa shape index (κ3) is 4.13. The van der Waals surface area contributed by atoms with E-state index in [-0.39, 0.29) is 27.4 Å². The number of rotatable bonds is 0. The fourth-order valence-electron chi connectivity index (χ4n) is 4.91. The fourth-order valence-corrected chi connectivity index (χ4v) is 4.91. The Morgan fingerprint density at radius 2 is 1.16 bits per heavy atom. The van der Waals surface area contributed by atoms with Crippen LogP contribution in [-0.4, -0.2) is 27.4 Å². The summed E-state index contributed by atoms with van der Waals surface area (Å²) in [5.41, 5.74) is 0. The predicted molar refractivity (Wildman–Crippen MR) is 78.1 cm³/mol. The molecule has 3 fully saturated rings. The zero-order chi connectivity index (χ0) is 9.54. The van der Waals surface area contributed by atoms with Crippen LogP contribution in [0.25, 0.3) is 0 Å². The molecule has 0 saturated heterocycles. The van der Waals surface area contributed by atoms with Crippen molar-refractivity contribution in [3.8, 4) is 0 Å². The molecular weight excluding hydrogens is 248 g/mol. The van der Waals surface area contributed by atoms with E-state index in [4.69, 9.17) is 0 Å². The van der Waals surface area contributed by atoms with Crippen molar-refractivity contribution in [2.45, 2.75) is 58.3 Å². The Labute approximate surface area is 116 Å². The van der Waals surface area contributed by atoms with Crippen LogP contribution in [-0.2, 0) is 0 Å². The van der Waals surface area contributed by atoms with Crippen LogP contribution in [0, 0.1) is 29.6 Å². The molecule has 5 atom stereocenters. The fraction of sp³-hybridized carbons (Fsp3) is 1.00. The first-order chi connectivity index (χ1) is 6.86. The van der Waals surface area contributed by atoms with Gasteiger partial charge in [-0.2, -0.15) is 0 Å². The molecule has 0 amide bonds. The molecule has 0 aliphatic heterocycles. The van der Waals surface area contributed by atoms with Crippen LogP contribution in [0.4, 0.5) is 0 Å². The second-order valence-corrected chi connectivity index (χ2v) is 6.18. The number of hydrogen-bond acceptors (Lipinski definition) is 0. The molecule has 0 spiro atoms. The molecule has 0 aromatic heterocycles. The van der Waals surface area contributed by atoms with Gasteiger partial charge in [-0.3, -0.25) is 0 Å². The van der Waals surface area contributed by atoms with Gasteiger partial charge in [0.25, 0.3) is 0 Å². The van der Waals surface area contributed by atoms with E-state index in [1.165, 1.54) is 19.3 Å². The summed E-state index contributed by atoms with van der Waals surface area (Å²) in [5, 5.41) is 0. The van der Waals surface area contributed by atoms with Crippen LogP contribution < -0.4 is 0 Å². The van der Waals surface area contributed by atoms with E-state index in [9.17, 15) is 0 Å². The molecule has 0 bridgehead atoms. The summed E-state index contributed by atoms with van der Waals surface area (Å²) in [5.74, 6) is 5.66. The van der Waals surface area contributed by atoms with Crippen molar-refractivity contribution in [2.24, 2.45) is 29.6 Å². The van der Waals surface area contributed by atoms with E-state index in [2.05, 4.69) is 6.92 Å². The maximum atomic E-state index is 2.52. The van der Waals surface area contributed by atoms with Gasteiger partial charge >= 0.3 is 0 Å². The van der Waals surface area contributed by atoms with Crippen molar-refractivity contribution < 1.29 is 27.4 Å². The third-order valence-corrected chi connectivity index (χ3v) is 5.57. The monoisotopic (exact) mass is 282 g/mol. The molecule has 0 radical (unpaired) electrons. The van der Waals surface area contributed by atoms with E-state index in [1.807, 2.05) is 0 Å². The quantitative estimate of drug-likeness (QED) is 0.591. The summed E-state index contributed by atoms with van der Waals surface area (Å²) in [7, 11) is 0. The SMILES string of the molecule is CC1CCCC2C1CC1CCCCC12.O.O.O.O.O. The molecule has 120 valence electrons. The molecule has 3 aliphatic carbocycles. The molecular formula is C14H34O5. The van der Waals surface area contributed by atoms with Gasteiger partial charge in [-0.1, -0.05) is 39.0 Å². The average molecular weight is 282 g/mol. The minimum Gasteiger partial charge on any atom is -0.412 e. The number of hydrogen-bond donors (Lipinski definition) is 0. The summed E-state index contributed by atoms with van der Waals surface area (Å²) in [6.07, 6.45) is 12.5. The van der Waals surface area contributed by atoms with Crippen LogP contribution in [0.1, 0.15) is 58.3 Å². The molecule has 19 heavy (non-hydrogen) atoms. The molecule has 10 N–H and O–H groups in total. The predicted octanol–water partition coefficient (Wildman–Crippen LogP) is 0.125. The molecule has 3 aliphatic rings. The summed E-state index contributed by atoms with van der Waals surface area (Å²) < 4.78 is 0. The highest BCUT2D eigenvalue weighted by Gasteiger charge is 2.46. The van der Waals surface area contributed by atoms with Crippen LogP contribution in [0.3, 0.4) is 0 Å². The molecule has 0 heterocycles. The molecule has 5 heteroatoms. The highest BCUT2D eigenvalue weighted by atomic mass is 16.0. The van der Waals surface area contributed by atoms with Gasteiger partial charge in [0.2, 0.25) is 0 Å². The van der Waals surface area contributed by atoms with E-state index >= 15 is 0 Å². The number of fused-ring (bicyclic) bond motifs is 3. The Morgan fingerprint density at radius 1 is 0.579 bits per heavy atom. The second-order valence-electron chi connectivity index (χ2n) is 6.18. The first kappa shape index (κ1) is 23.9. The summed E-state index contributed by atoms with van der Waals surface area (Å²) in [6.45, 7) is 2.52. The Balaban J connectivity index is -0.000000512. The van der Waals surface area contributed by atoms with Crippen molar-refractivity contribution >= 4 is 0 Å². The lowest BCUT2D eigenvalue weighted by Gasteiger charge is -2.35. The molecule has 5 nitrogen and oxygen atoms in total. The van der Waals surface area contributed by atoms with Crippen molar-refractivity contribution in [3.05, 3.63) is 0 Å². The minimum atomic E-state index is 0. The Bertz CT molecular complexity index is 222. The summed E-state index contributed by atoms with van der Waals surface area (Å²) >= 11 is 0. The molecule has 0 aromatic carbocycles. The summed E-state index contributed by atoms with van der Waals surface area (Å²) in [6, 6.07) is 0. The minimum absolute atomic E-state index is 0. The van der Waals surface area contributed by atoms with E-state index in [1.54, 1.807) is 32.1 Å². The zero-order valence-corrected chi connectivity index (χ0v) is 12.0. The Hall–Kier alpha value is -0.200. The standard InChI is InChI=1S/C14H24.5H2O/c1-10-5-4-8-13-12-7-3-2-6-11(12)9-14(10)13;;;;;/h10-14H,2-9H2,1H3;5*1H2. The van der Waals surface area contributed by atoms with Gasteiger partial charge in [0, 0.05) is 0 Å². The first-order valence-corrected chi connectivity index (χ1v) is 6.86. The van der Waals surface area contributed by atoms with Gasteiger partial charge in [-0.15, -0.1) is 0 Å². The third-order valence-electron chi connectivity index (χ3n) is 5.57. The van der Waals surface area contributed by atoms with Crippen molar-refractivity contribution in [3.63, 3.8) is 0 Å². The van der Waals surface area contributed by atoms with Gasteiger partial charge in [-0.25, -0.2) is 0 Å². The van der Waals surface area contributed by atoms with Crippen molar-refractivity contribution in [1.29, 1.82) is 0 Å². The molecule has 3 saturated carbocycles. The van der Waals surface area contributed by atoms with Gasteiger partial charge in [0.05, 0.1) is 0 Å². The molecule has 0 aromatic rings. The van der Waals surface area contributed by atoms with Gasteiger partial charge in [0.15, 0.2) is 0 Å². The molecule has 3 rings (SSSR count). The largest absolute Gasteiger partial charge is 0.412 e. The Morgan fingerprint density at radius 3 is 1.84 bits per heavy atom. The van der Waals surface area contributed by atoms with Crippen molar-refractivity contribution in [1.82, 2.24) is 0 Å². The van der Waals surface area contributed by atoms with Crippen molar-refractivity contribution in [2.75, 3.05) is 0 Å². The highest BCUT2D eigenvalue weighted by Crippen LogP contribution is 2.55. The van der Waals surface area contributed by atoms with Crippen LogP contribution >= 0.6 is 0 Å². The summed E-state index contributed by atoms with van der Waals surface area (Å²) in [4.78, 5) is 0. The molecule has 5 unspecified atom stereocenters. The van der Waals surface area contributed by atoms with E-state index in [0.717, 1.165) is 29.6 Å². The topological polar surface area (TPSA) is 158 Å². The normalized spacial score (nSPS) is 38.7. The van der Waals surface area contributed by atoms with E-state index < -0.39 is 0 Å². The maximum Gasteiger partial charge on any atom is -0.0352 e. The first-order valence-electron chi connectivity index (χ1n) is 6.86. The van der Waals surface area contributed by atoms with Gasteiger partial charge in [0.1, 0.15) is 0 Å². The Kier molecular flexibility index (Phi) is 12.1. The van der Waals surface area contributed by atoms with Crippen LogP contribution in [0.5, 0.6) is 0 Å². The average Bonchev–Trinajstić information content (AvgIpc) is 2.59. The second kappa shape index (κ2) is 9.66.